The van der Waals surface area contributed by atoms with Gasteiger partial charge in [-0.3, -0.25) is 4.55 Å². The van der Waals surface area contributed by atoms with Crippen LogP contribution < -0.4 is 0 Å². The van der Waals surface area contributed by atoms with Crippen molar-refractivity contribution in [2.24, 2.45) is 0 Å². The zero-order chi connectivity index (χ0) is 12.1. The van der Waals surface area contributed by atoms with Crippen LogP contribution in [-0.2, 0) is 11.0 Å². The Kier molecular flexibility index (Phi) is 15.0. The second-order valence-electron chi connectivity index (χ2n) is 2.05. The number of rotatable bonds is 0. The van der Waals surface area contributed by atoms with Crippen molar-refractivity contribution in [3.63, 3.8) is 0 Å². The number of thiol groups is 1. The second-order valence-corrected chi connectivity index (χ2v) is 2.52. The molecule has 0 fully saturated rings. The lowest BCUT2D eigenvalue weighted by molar-refractivity contribution is 0.509. The molecule has 17 heavy (non-hydrogen) atoms. The summed E-state index contributed by atoms with van der Waals surface area (Å²) in [5.41, 5.74) is 0. The van der Waals surface area contributed by atoms with Crippen molar-refractivity contribution in [1.82, 2.24) is 19.9 Å². The van der Waals surface area contributed by atoms with E-state index in [2.05, 4.69) is 19.9 Å². The van der Waals surface area contributed by atoms with Crippen LogP contribution in [0.15, 0.2) is 49.6 Å². The van der Waals surface area contributed by atoms with Crippen LogP contribution in [0.5, 0.6) is 0 Å². The normalized spacial score (nSPS) is 7.65. The molecule has 1 N–H and O–H groups in total. The monoisotopic (exact) mass is 278 g/mol. The molecule has 0 atom stereocenters. The smallest absolute Gasteiger partial charge is 0.254 e. The van der Waals surface area contributed by atoms with E-state index in [0.29, 0.717) is 0 Å². The largest absolute Gasteiger partial charge is 0.288 e. The highest BCUT2D eigenvalue weighted by Crippen LogP contribution is 1.67. The minimum absolute atomic E-state index is 0. The van der Waals surface area contributed by atoms with Crippen LogP contribution in [0, 0.1) is 0 Å². The average molecular weight is 279 g/mol. The third kappa shape index (κ3) is 20.4. The fraction of sp³-hybridized carbons (Fsp3) is 0. The average Bonchev–Trinajstić information content (AvgIpc) is 2.34. The van der Waals surface area contributed by atoms with Gasteiger partial charge in [0.05, 0.1) is 0 Å². The van der Waals surface area contributed by atoms with Gasteiger partial charge in [0.25, 0.3) is 11.0 Å². The Labute approximate surface area is 106 Å². The maximum absolute atomic E-state index is 8.59. The molecule has 2 heterocycles. The fourth-order valence-corrected chi connectivity index (χ4v) is 0.507. The Morgan fingerprint density at radius 1 is 0.765 bits per heavy atom. The zero-order valence-electron chi connectivity index (χ0n) is 8.53. The van der Waals surface area contributed by atoms with Gasteiger partial charge in [0.1, 0.15) is 12.7 Å². The molecule has 2 rings (SSSR count). The number of aromatic nitrogens is 4. The summed E-state index contributed by atoms with van der Waals surface area (Å²) in [6.45, 7) is 0. The third-order valence-electron chi connectivity index (χ3n) is 0.955. The summed E-state index contributed by atoms with van der Waals surface area (Å²) in [5, 5.41) is 0. The van der Waals surface area contributed by atoms with Gasteiger partial charge in [0, 0.05) is 24.8 Å². The Balaban J connectivity index is 0. The van der Waals surface area contributed by atoms with Crippen molar-refractivity contribution >= 4 is 23.4 Å². The molecule has 0 spiro atoms. The zero-order valence-corrected chi connectivity index (χ0v) is 10.2. The van der Waals surface area contributed by atoms with Crippen molar-refractivity contribution < 1.29 is 13.0 Å². The number of halogens is 1. The molecule has 0 aliphatic rings. The lowest BCUT2D eigenvalue weighted by Gasteiger charge is -1.70. The Morgan fingerprint density at radius 2 is 1.00 bits per heavy atom. The standard InChI is InChI=1S/2C4H4N2.ClH.H2O3S/c2*1-2-5-4-6-3-1;;1-4(2)3/h2*1-4H;1H;4H,(H,1,2,3). The van der Waals surface area contributed by atoms with Gasteiger partial charge in [0.2, 0.25) is 0 Å². The highest BCUT2D eigenvalue weighted by Gasteiger charge is 1.59. The molecular formula is C8H11ClN4O3S. The molecule has 0 saturated carbocycles. The van der Waals surface area contributed by atoms with E-state index in [4.69, 9.17) is 13.0 Å². The molecule has 0 bridgehead atoms. The third-order valence-corrected chi connectivity index (χ3v) is 0.955. The van der Waals surface area contributed by atoms with Crippen molar-refractivity contribution in [2.75, 3.05) is 0 Å². The van der Waals surface area contributed by atoms with Gasteiger partial charge in [-0.15, -0.1) is 12.4 Å². The van der Waals surface area contributed by atoms with Crippen LogP contribution in [0.3, 0.4) is 0 Å². The summed E-state index contributed by atoms with van der Waals surface area (Å²) < 4.78 is 24.2. The fourth-order valence-electron chi connectivity index (χ4n) is 0.507. The number of nitrogens with zero attached hydrogens (tertiary/aromatic N) is 4. The predicted molar refractivity (Wildman–Crippen MR) is 64.3 cm³/mol. The van der Waals surface area contributed by atoms with Crippen LogP contribution in [0.4, 0.5) is 0 Å². The maximum Gasteiger partial charge on any atom is 0.254 e. The molecule has 0 unspecified atom stereocenters. The first-order valence-electron chi connectivity index (χ1n) is 3.96. The van der Waals surface area contributed by atoms with Crippen LogP contribution in [0.1, 0.15) is 0 Å². The van der Waals surface area contributed by atoms with Gasteiger partial charge in [-0.2, -0.15) is 0 Å². The minimum Gasteiger partial charge on any atom is -0.288 e. The van der Waals surface area contributed by atoms with Gasteiger partial charge < -0.3 is 0 Å². The number of hydrogen-bond acceptors (Lipinski definition) is 6. The summed E-state index contributed by atoms with van der Waals surface area (Å²) in [6.07, 6.45) is 9.75. The first-order chi connectivity index (χ1) is 7.73. The SMILES string of the molecule is Cl.O=[SH](=O)O.c1cncnc1.c1cncnc1. The summed E-state index contributed by atoms with van der Waals surface area (Å²) >= 11 is 0. The molecular weight excluding hydrogens is 268 g/mol. The van der Waals surface area contributed by atoms with Gasteiger partial charge in [-0.25, -0.2) is 28.4 Å². The van der Waals surface area contributed by atoms with Crippen LogP contribution in [0.2, 0.25) is 0 Å². The van der Waals surface area contributed by atoms with Crippen LogP contribution in [0.25, 0.3) is 0 Å². The molecule has 0 aromatic carbocycles. The van der Waals surface area contributed by atoms with E-state index >= 15 is 0 Å². The second kappa shape index (κ2) is 14.4. The quantitative estimate of drug-likeness (QED) is 0.532. The van der Waals surface area contributed by atoms with Crippen LogP contribution in [-0.4, -0.2) is 32.9 Å². The lowest BCUT2D eigenvalue weighted by Crippen LogP contribution is -1.66. The van der Waals surface area contributed by atoms with Gasteiger partial charge in [-0.05, 0) is 12.1 Å². The topological polar surface area (TPSA) is 106 Å². The molecule has 0 aliphatic carbocycles. The highest BCUT2D eigenvalue weighted by atomic mass is 35.5. The highest BCUT2D eigenvalue weighted by molar-refractivity contribution is 7.66. The van der Waals surface area contributed by atoms with E-state index in [9.17, 15) is 0 Å². The predicted octanol–water partition coefficient (Wildman–Crippen LogP) is 0.446. The maximum atomic E-state index is 8.59. The molecule has 2 aromatic heterocycles. The summed E-state index contributed by atoms with van der Waals surface area (Å²) in [5.74, 6) is 0. The van der Waals surface area contributed by atoms with Gasteiger partial charge in [0.15, 0.2) is 0 Å². The molecule has 0 saturated heterocycles. The van der Waals surface area contributed by atoms with E-state index in [-0.39, 0.29) is 12.4 Å². The van der Waals surface area contributed by atoms with Crippen LogP contribution >= 0.6 is 12.4 Å². The van der Waals surface area contributed by atoms with E-state index in [1.165, 1.54) is 12.7 Å². The Morgan fingerprint density at radius 3 is 1.06 bits per heavy atom. The molecule has 9 heteroatoms. The van der Waals surface area contributed by atoms with Crippen molar-refractivity contribution in [2.45, 2.75) is 0 Å². The summed E-state index contributed by atoms with van der Waals surface area (Å²) in [4.78, 5) is 14.7. The molecule has 0 aliphatic heterocycles. The van der Waals surface area contributed by atoms with Gasteiger partial charge >= 0.3 is 0 Å². The van der Waals surface area contributed by atoms with Crippen molar-refractivity contribution in [1.29, 1.82) is 0 Å². The molecule has 94 valence electrons. The summed E-state index contributed by atoms with van der Waals surface area (Å²) in [7, 11) is -3.12. The van der Waals surface area contributed by atoms with E-state index in [1.807, 2.05) is 0 Å². The van der Waals surface area contributed by atoms with E-state index in [0.717, 1.165) is 0 Å². The first-order valence-corrected chi connectivity index (χ1v) is 5.09. The van der Waals surface area contributed by atoms with Gasteiger partial charge in [-0.1, -0.05) is 0 Å². The molecule has 7 nitrogen and oxygen atoms in total. The van der Waals surface area contributed by atoms with E-state index < -0.39 is 11.0 Å². The minimum atomic E-state index is -3.12. The van der Waals surface area contributed by atoms with Crippen molar-refractivity contribution in [3.8, 4) is 0 Å². The summed E-state index contributed by atoms with van der Waals surface area (Å²) in [6, 6.07) is 3.56. The molecule has 0 radical (unpaired) electrons. The Bertz CT molecular complexity index is 323. The molecule has 0 amide bonds. The Hall–Kier alpha value is -1.64. The van der Waals surface area contributed by atoms with Crippen molar-refractivity contribution in [3.05, 3.63) is 49.6 Å². The lowest BCUT2D eigenvalue weighted by atomic mass is 10.7. The molecule has 2 aromatic rings. The van der Waals surface area contributed by atoms with E-state index in [1.54, 1.807) is 36.9 Å². The first kappa shape index (κ1) is 17.7. The number of hydrogen-bond donors (Lipinski definition) is 2.